The first-order chi connectivity index (χ1) is 10.7. The summed E-state index contributed by atoms with van der Waals surface area (Å²) in [5.74, 6) is 0.386. The van der Waals surface area contributed by atoms with E-state index in [9.17, 15) is 9.18 Å². The smallest absolute Gasteiger partial charge is 0.186 e. The molecule has 22 heavy (non-hydrogen) atoms. The first-order valence-corrected chi connectivity index (χ1v) is 7.45. The van der Waals surface area contributed by atoms with Crippen LogP contribution >= 0.6 is 0 Å². The van der Waals surface area contributed by atoms with E-state index in [1.165, 1.54) is 12.1 Å². The van der Waals surface area contributed by atoms with E-state index in [1.54, 1.807) is 6.07 Å². The minimum atomic E-state index is -0.443. The highest BCUT2D eigenvalue weighted by Crippen LogP contribution is 2.28. The Labute approximate surface area is 129 Å². The van der Waals surface area contributed by atoms with Crippen LogP contribution in [0.2, 0.25) is 0 Å². The predicted octanol–water partition coefficient (Wildman–Crippen LogP) is 2.88. The van der Waals surface area contributed by atoms with Gasteiger partial charge in [0, 0.05) is 6.54 Å². The van der Waals surface area contributed by atoms with Crippen molar-refractivity contribution in [1.82, 2.24) is 5.32 Å². The Morgan fingerprint density at radius 1 is 1.23 bits per heavy atom. The number of nitrogens with one attached hydrogen (secondary N) is 1. The van der Waals surface area contributed by atoms with Crippen LogP contribution in [0.15, 0.2) is 48.5 Å². The standard InChI is InChI=1S/C18H18FNO2/c19-15-7-9-17-14(10-15)6-8-18(22-17)16(21)12-20-11-13-4-2-1-3-5-13/h1-5,7,9-10,18,20H,6,8,11-12H2. The molecular weight excluding hydrogens is 281 g/mol. The molecule has 1 N–H and O–H groups in total. The number of Topliss-reactive ketones (excluding diaryl/α,β-unsaturated/α-hetero) is 1. The zero-order chi connectivity index (χ0) is 15.4. The number of ether oxygens (including phenoxy) is 1. The second-order valence-corrected chi connectivity index (χ2v) is 5.45. The molecule has 0 spiro atoms. The number of aryl methyl sites for hydroxylation is 1. The molecule has 4 heteroatoms. The van der Waals surface area contributed by atoms with Crippen molar-refractivity contribution in [2.45, 2.75) is 25.5 Å². The van der Waals surface area contributed by atoms with Crippen molar-refractivity contribution in [1.29, 1.82) is 0 Å². The topological polar surface area (TPSA) is 38.3 Å². The average molecular weight is 299 g/mol. The van der Waals surface area contributed by atoms with E-state index in [2.05, 4.69) is 5.32 Å². The molecule has 1 aliphatic rings. The van der Waals surface area contributed by atoms with Crippen molar-refractivity contribution in [3.8, 4) is 5.75 Å². The van der Waals surface area contributed by atoms with Gasteiger partial charge >= 0.3 is 0 Å². The Bertz CT molecular complexity index is 657. The predicted molar refractivity (Wildman–Crippen MR) is 82.3 cm³/mol. The molecule has 1 atom stereocenters. The van der Waals surface area contributed by atoms with Crippen LogP contribution in [0.4, 0.5) is 4.39 Å². The van der Waals surface area contributed by atoms with Crippen LogP contribution in [0.5, 0.6) is 5.75 Å². The number of halogens is 1. The zero-order valence-electron chi connectivity index (χ0n) is 12.2. The van der Waals surface area contributed by atoms with Crippen LogP contribution in [-0.4, -0.2) is 18.4 Å². The van der Waals surface area contributed by atoms with E-state index >= 15 is 0 Å². The number of rotatable bonds is 5. The largest absolute Gasteiger partial charge is 0.482 e. The zero-order valence-corrected chi connectivity index (χ0v) is 12.2. The van der Waals surface area contributed by atoms with Gasteiger partial charge in [-0.05, 0) is 42.2 Å². The Morgan fingerprint density at radius 3 is 2.86 bits per heavy atom. The Balaban J connectivity index is 1.52. The van der Waals surface area contributed by atoms with E-state index in [1.807, 2.05) is 30.3 Å². The minimum Gasteiger partial charge on any atom is -0.482 e. The molecule has 0 amide bonds. The highest BCUT2D eigenvalue weighted by Gasteiger charge is 2.25. The maximum atomic E-state index is 13.1. The molecule has 114 valence electrons. The molecule has 3 nitrogen and oxygen atoms in total. The van der Waals surface area contributed by atoms with Crippen LogP contribution in [0.3, 0.4) is 0 Å². The quantitative estimate of drug-likeness (QED) is 0.922. The lowest BCUT2D eigenvalue weighted by atomic mass is 9.99. The lowest BCUT2D eigenvalue weighted by molar-refractivity contribution is -0.125. The first-order valence-electron chi connectivity index (χ1n) is 7.45. The number of ketones is 1. The Hall–Kier alpha value is -2.20. The number of benzene rings is 2. The van der Waals surface area contributed by atoms with Crippen LogP contribution in [0.25, 0.3) is 0 Å². The maximum absolute atomic E-state index is 13.1. The van der Waals surface area contributed by atoms with E-state index in [-0.39, 0.29) is 18.1 Å². The fourth-order valence-corrected chi connectivity index (χ4v) is 2.62. The molecule has 2 aromatic rings. The Morgan fingerprint density at radius 2 is 2.05 bits per heavy atom. The number of carbonyl (C=O) groups excluding carboxylic acids is 1. The van der Waals surface area contributed by atoms with Crippen LogP contribution in [0.1, 0.15) is 17.5 Å². The monoisotopic (exact) mass is 299 g/mol. The lowest BCUT2D eigenvalue weighted by Crippen LogP contribution is -2.37. The molecule has 0 aliphatic carbocycles. The van der Waals surface area contributed by atoms with Gasteiger partial charge in [-0.15, -0.1) is 0 Å². The van der Waals surface area contributed by atoms with Crippen LogP contribution in [-0.2, 0) is 17.8 Å². The highest BCUT2D eigenvalue weighted by molar-refractivity contribution is 5.85. The molecule has 1 unspecified atom stereocenters. The van der Waals surface area contributed by atoms with E-state index in [4.69, 9.17) is 4.74 Å². The third kappa shape index (κ3) is 3.52. The fourth-order valence-electron chi connectivity index (χ4n) is 2.62. The molecule has 0 radical (unpaired) electrons. The molecular formula is C18H18FNO2. The van der Waals surface area contributed by atoms with Crippen molar-refractivity contribution in [3.05, 3.63) is 65.5 Å². The normalized spacial score (nSPS) is 16.7. The average Bonchev–Trinajstić information content (AvgIpc) is 2.55. The SMILES string of the molecule is O=C(CNCc1ccccc1)C1CCc2cc(F)ccc2O1. The van der Waals surface area contributed by atoms with Gasteiger partial charge in [0.15, 0.2) is 11.9 Å². The van der Waals surface area contributed by atoms with Crippen molar-refractivity contribution in [3.63, 3.8) is 0 Å². The van der Waals surface area contributed by atoms with Crippen molar-refractivity contribution >= 4 is 5.78 Å². The van der Waals surface area contributed by atoms with Gasteiger partial charge in [-0.25, -0.2) is 4.39 Å². The molecule has 0 aromatic heterocycles. The molecule has 0 saturated heterocycles. The number of hydrogen-bond acceptors (Lipinski definition) is 3. The summed E-state index contributed by atoms with van der Waals surface area (Å²) < 4.78 is 18.8. The second-order valence-electron chi connectivity index (χ2n) is 5.45. The third-order valence-corrected chi connectivity index (χ3v) is 3.80. The van der Waals surface area contributed by atoms with Crippen molar-refractivity contribution in [2.24, 2.45) is 0 Å². The van der Waals surface area contributed by atoms with E-state index in [0.29, 0.717) is 25.1 Å². The summed E-state index contributed by atoms with van der Waals surface area (Å²) in [4.78, 5) is 12.2. The molecule has 3 rings (SSSR count). The minimum absolute atomic E-state index is 0.0332. The van der Waals surface area contributed by atoms with Crippen molar-refractivity contribution in [2.75, 3.05) is 6.54 Å². The fraction of sp³-hybridized carbons (Fsp3) is 0.278. The summed E-state index contributed by atoms with van der Waals surface area (Å²) in [5, 5.41) is 3.14. The lowest BCUT2D eigenvalue weighted by Gasteiger charge is -2.25. The molecule has 0 saturated carbocycles. The van der Waals surface area contributed by atoms with Crippen LogP contribution in [0, 0.1) is 5.82 Å². The maximum Gasteiger partial charge on any atom is 0.186 e. The molecule has 0 fully saturated rings. The summed E-state index contributed by atoms with van der Waals surface area (Å²) in [5.41, 5.74) is 1.97. The van der Waals surface area contributed by atoms with Gasteiger partial charge in [0.1, 0.15) is 11.6 Å². The van der Waals surface area contributed by atoms with Gasteiger partial charge in [0.2, 0.25) is 0 Å². The third-order valence-electron chi connectivity index (χ3n) is 3.80. The number of fused-ring (bicyclic) bond motifs is 1. The highest BCUT2D eigenvalue weighted by atomic mass is 19.1. The van der Waals surface area contributed by atoms with Crippen LogP contribution < -0.4 is 10.1 Å². The summed E-state index contributed by atoms with van der Waals surface area (Å²) in [6.07, 6.45) is 0.825. The van der Waals surface area contributed by atoms with Gasteiger partial charge in [-0.3, -0.25) is 4.79 Å². The van der Waals surface area contributed by atoms with Gasteiger partial charge in [0.05, 0.1) is 6.54 Å². The number of carbonyl (C=O) groups is 1. The molecule has 0 bridgehead atoms. The molecule has 1 heterocycles. The first kappa shape index (κ1) is 14.7. The Kier molecular flexibility index (Phi) is 4.49. The molecule has 2 aromatic carbocycles. The summed E-state index contributed by atoms with van der Waals surface area (Å²) in [6, 6.07) is 14.4. The second kappa shape index (κ2) is 6.71. The van der Waals surface area contributed by atoms with Gasteiger partial charge in [-0.1, -0.05) is 30.3 Å². The van der Waals surface area contributed by atoms with Gasteiger partial charge in [-0.2, -0.15) is 0 Å². The van der Waals surface area contributed by atoms with Gasteiger partial charge < -0.3 is 10.1 Å². The number of hydrogen-bond donors (Lipinski definition) is 1. The summed E-state index contributed by atoms with van der Waals surface area (Å²) in [6.45, 7) is 0.928. The van der Waals surface area contributed by atoms with Crippen molar-refractivity contribution < 1.29 is 13.9 Å². The van der Waals surface area contributed by atoms with E-state index in [0.717, 1.165) is 11.1 Å². The van der Waals surface area contributed by atoms with E-state index < -0.39 is 6.10 Å². The summed E-state index contributed by atoms with van der Waals surface area (Å²) in [7, 11) is 0. The molecule has 1 aliphatic heterocycles. The summed E-state index contributed by atoms with van der Waals surface area (Å²) >= 11 is 0. The van der Waals surface area contributed by atoms with Gasteiger partial charge in [0.25, 0.3) is 0 Å².